The maximum Gasteiger partial charge on any atom is 0.0921 e. The molecule has 0 saturated heterocycles. The van der Waals surface area contributed by atoms with E-state index in [0.29, 0.717) is 0 Å². The lowest BCUT2D eigenvalue weighted by Crippen LogP contribution is -2.14. The summed E-state index contributed by atoms with van der Waals surface area (Å²) in [5.41, 5.74) is 5.65. The second kappa shape index (κ2) is 5.12. The fraction of sp³-hybridized carbons (Fsp3) is 0.412. The fourth-order valence-corrected chi connectivity index (χ4v) is 2.12. The van der Waals surface area contributed by atoms with Gasteiger partial charge >= 0.3 is 0 Å². The van der Waals surface area contributed by atoms with Gasteiger partial charge in [-0.2, -0.15) is 0 Å². The van der Waals surface area contributed by atoms with Crippen molar-refractivity contribution in [1.82, 2.24) is 9.97 Å². The quantitative estimate of drug-likeness (QED) is 0.798. The van der Waals surface area contributed by atoms with Crippen LogP contribution >= 0.6 is 0 Å². The molecule has 2 aromatic heterocycles. The Labute approximate surface area is 115 Å². The number of nitrogens with zero attached hydrogens (tertiary/aromatic N) is 2. The van der Waals surface area contributed by atoms with Gasteiger partial charge in [0.15, 0.2) is 0 Å². The molecule has 0 bridgehead atoms. The largest absolute Gasteiger partial charge is 0.254 e. The molecule has 2 nitrogen and oxygen atoms in total. The summed E-state index contributed by atoms with van der Waals surface area (Å²) >= 11 is 0. The van der Waals surface area contributed by atoms with E-state index in [-0.39, 0.29) is 5.41 Å². The van der Waals surface area contributed by atoms with Crippen molar-refractivity contribution in [1.29, 1.82) is 0 Å². The molecule has 0 saturated carbocycles. The van der Waals surface area contributed by atoms with E-state index in [1.165, 1.54) is 11.1 Å². The Bertz CT molecular complexity index is 580. The second-order valence-corrected chi connectivity index (χ2v) is 5.98. The van der Waals surface area contributed by atoms with Gasteiger partial charge in [-0.15, -0.1) is 0 Å². The first-order valence-electron chi connectivity index (χ1n) is 6.86. The van der Waals surface area contributed by atoms with E-state index in [0.717, 1.165) is 23.5 Å². The molecule has 2 heteroatoms. The Kier molecular flexibility index (Phi) is 3.70. The molecule has 0 radical (unpaired) electrons. The summed E-state index contributed by atoms with van der Waals surface area (Å²) < 4.78 is 0. The molecule has 100 valence electrons. The lowest BCUT2D eigenvalue weighted by Gasteiger charge is -2.19. The molecule has 19 heavy (non-hydrogen) atoms. The average Bonchev–Trinajstić information content (AvgIpc) is 2.38. The molecule has 2 aromatic rings. The summed E-state index contributed by atoms with van der Waals surface area (Å²) in [4.78, 5) is 9.40. The van der Waals surface area contributed by atoms with Gasteiger partial charge in [0.2, 0.25) is 0 Å². The predicted molar refractivity (Wildman–Crippen MR) is 80.3 cm³/mol. The third-order valence-corrected chi connectivity index (χ3v) is 3.36. The van der Waals surface area contributed by atoms with Crippen LogP contribution in [-0.4, -0.2) is 9.97 Å². The molecule has 0 N–H and O–H groups in total. The minimum Gasteiger partial charge on any atom is -0.254 e. The van der Waals surface area contributed by atoms with Gasteiger partial charge < -0.3 is 0 Å². The minimum absolute atomic E-state index is 0.0591. The van der Waals surface area contributed by atoms with E-state index in [2.05, 4.69) is 57.8 Å². The first-order valence-corrected chi connectivity index (χ1v) is 6.86. The Morgan fingerprint density at radius 1 is 1.05 bits per heavy atom. The van der Waals surface area contributed by atoms with E-state index in [9.17, 15) is 0 Å². The Balaban J connectivity index is 2.61. The summed E-state index contributed by atoms with van der Waals surface area (Å²) in [7, 11) is 0. The minimum atomic E-state index is 0.0591. The Morgan fingerprint density at radius 2 is 1.79 bits per heavy atom. The van der Waals surface area contributed by atoms with Crippen LogP contribution in [0.5, 0.6) is 0 Å². The normalized spacial score (nSPS) is 11.6. The van der Waals surface area contributed by atoms with Crippen molar-refractivity contribution >= 4 is 0 Å². The Hall–Kier alpha value is -1.70. The van der Waals surface area contributed by atoms with Crippen LogP contribution in [0.3, 0.4) is 0 Å². The molecule has 0 atom stereocenters. The smallest absolute Gasteiger partial charge is 0.0921 e. The van der Waals surface area contributed by atoms with Crippen molar-refractivity contribution in [2.45, 2.75) is 46.5 Å². The molecule has 0 spiro atoms. The molecule has 0 amide bonds. The second-order valence-electron chi connectivity index (χ2n) is 5.98. The summed E-state index contributed by atoms with van der Waals surface area (Å²) in [5, 5.41) is 0. The zero-order valence-electron chi connectivity index (χ0n) is 12.5. The summed E-state index contributed by atoms with van der Waals surface area (Å²) in [6.45, 7) is 10.8. The number of rotatable bonds is 2. The van der Waals surface area contributed by atoms with E-state index >= 15 is 0 Å². The monoisotopic (exact) mass is 254 g/mol. The highest BCUT2D eigenvalue weighted by Crippen LogP contribution is 2.27. The zero-order chi connectivity index (χ0) is 14.0. The number of hydrogen-bond donors (Lipinski definition) is 0. The fourth-order valence-electron chi connectivity index (χ4n) is 2.12. The van der Waals surface area contributed by atoms with E-state index in [4.69, 9.17) is 4.98 Å². The van der Waals surface area contributed by atoms with Gasteiger partial charge in [0, 0.05) is 17.3 Å². The molecular formula is C17H22N2. The van der Waals surface area contributed by atoms with Crippen LogP contribution in [0.4, 0.5) is 0 Å². The predicted octanol–water partition coefficient (Wildman–Crippen LogP) is 4.31. The van der Waals surface area contributed by atoms with Crippen LogP contribution in [0, 0.1) is 6.92 Å². The van der Waals surface area contributed by atoms with Crippen LogP contribution in [0.2, 0.25) is 0 Å². The van der Waals surface area contributed by atoms with Crippen molar-refractivity contribution in [3.8, 4) is 11.4 Å². The molecule has 2 rings (SSSR count). The third kappa shape index (κ3) is 2.83. The molecule has 0 aliphatic rings. The van der Waals surface area contributed by atoms with Crippen LogP contribution in [0.1, 0.15) is 44.5 Å². The third-order valence-electron chi connectivity index (χ3n) is 3.36. The van der Waals surface area contributed by atoms with Crippen molar-refractivity contribution in [3.05, 3.63) is 47.3 Å². The standard InChI is InChI=1S/C17H22N2/c1-6-13-8-7-11-18-16(13)15-12(2)9-10-14(19-15)17(3,4)5/h7-11H,6H2,1-5H3. The van der Waals surface area contributed by atoms with Gasteiger partial charge in [0.25, 0.3) is 0 Å². The first-order chi connectivity index (χ1) is 8.93. The highest BCUT2D eigenvalue weighted by molar-refractivity contribution is 5.62. The molecule has 0 aliphatic carbocycles. The number of hydrogen-bond acceptors (Lipinski definition) is 2. The van der Waals surface area contributed by atoms with Gasteiger partial charge in [-0.1, -0.05) is 39.8 Å². The zero-order valence-corrected chi connectivity index (χ0v) is 12.5. The van der Waals surface area contributed by atoms with Gasteiger partial charge in [0.1, 0.15) is 0 Å². The van der Waals surface area contributed by atoms with Gasteiger partial charge in [-0.3, -0.25) is 9.97 Å². The number of aromatic nitrogens is 2. The maximum atomic E-state index is 4.86. The van der Waals surface area contributed by atoms with Crippen LogP contribution in [0.25, 0.3) is 11.4 Å². The van der Waals surface area contributed by atoms with E-state index in [1.54, 1.807) is 0 Å². The number of aryl methyl sites for hydroxylation is 2. The molecule has 0 unspecified atom stereocenters. The molecule has 2 heterocycles. The SMILES string of the molecule is CCc1cccnc1-c1nc(C(C)(C)C)ccc1C. The topological polar surface area (TPSA) is 25.8 Å². The van der Waals surface area contributed by atoms with E-state index < -0.39 is 0 Å². The molecule has 0 aliphatic heterocycles. The summed E-state index contributed by atoms with van der Waals surface area (Å²) in [6.07, 6.45) is 2.82. The highest BCUT2D eigenvalue weighted by Gasteiger charge is 2.18. The first kappa shape index (κ1) is 13.7. The number of pyridine rings is 2. The molecule has 0 aromatic carbocycles. The molecule has 0 fully saturated rings. The average molecular weight is 254 g/mol. The van der Waals surface area contributed by atoms with Crippen molar-refractivity contribution in [3.63, 3.8) is 0 Å². The highest BCUT2D eigenvalue weighted by atomic mass is 14.8. The lowest BCUT2D eigenvalue weighted by molar-refractivity contribution is 0.569. The van der Waals surface area contributed by atoms with Gasteiger partial charge in [-0.05, 0) is 36.6 Å². The van der Waals surface area contributed by atoms with Crippen LogP contribution in [0.15, 0.2) is 30.5 Å². The van der Waals surface area contributed by atoms with Crippen molar-refractivity contribution < 1.29 is 0 Å². The van der Waals surface area contributed by atoms with E-state index in [1.807, 2.05) is 12.3 Å². The van der Waals surface area contributed by atoms with Gasteiger partial charge in [0.05, 0.1) is 11.4 Å². The molecular weight excluding hydrogens is 232 g/mol. The van der Waals surface area contributed by atoms with Crippen LogP contribution < -0.4 is 0 Å². The maximum absolute atomic E-state index is 4.86. The summed E-state index contributed by atoms with van der Waals surface area (Å²) in [6, 6.07) is 8.39. The lowest BCUT2D eigenvalue weighted by atomic mass is 9.90. The van der Waals surface area contributed by atoms with Crippen molar-refractivity contribution in [2.75, 3.05) is 0 Å². The van der Waals surface area contributed by atoms with Crippen molar-refractivity contribution in [2.24, 2.45) is 0 Å². The Morgan fingerprint density at radius 3 is 2.42 bits per heavy atom. The van der Waals surface area contributed by atoms with Gasteiger partial charge in [-0.25, -0.2) is 0 Å². The summed E-state index contributed by atoms with van der Waals surface area (Å²) in [5.74, 6) is 0. The van der Waals surface area contributed by atoms with Crippen LogP contribution in [-0.2, 0) is 11.8 Å².